The van der Waals surface area contributed by atoms with E-state index in [-0.39, 0.29) is 24.0 Å². The summed E-state index contributed by atoms with van der Waals surface area (Å²) >= 11 is 0. The van der Waals surface area contributed by atoms with Crippen LogP contribution in [0.5, 0.6) is 0 Å². The predicted molar refractivity (Wildman–Crippen MR) is 132 cm³/mol. The van der Waals surface area contributed by atoms with E-state index in [0.29, 0.717) is 6.04 Å². The van der Waals surface area contributed by atoms with Crippen molar-refractivity contribution >= 4 is 35.6 Å². The number of likely N-dealkylation sites (tertiary alicyclic amines) is 1. The van der Waals surface area contributed by atoms with Crippen molar-refractivity contribution < 1.29 is 4.74 Å². The number of halogens is 1. The molecule has 0 radical (unpaired) electrons. The van der Waals surface area contributed by atoms with Crippen LogP contribution in [-0.4, -0.2) is 77.9 Å². The fourth-order valence-corrected chi connectivity index (χ4v) is 3.74. The Bertz CT molecular complexity index is 759. The minimum Gasteiger partial charge on any atom is -0.385 e. The zero-order valence-electron chi connectivity index (χ0n) is 18.2. The second-order valence-corrected chi connectivity index (χ2v) is 7.52. The van der Waals surface area contributed by atoms with Crippen molar-refractivity contribution in [1.29, 1.82) is 0 Å². The first kappa shape index (κ1) is 24.8. The molecule has 0 bridgehead atoms. The molecule has 1 aliphatic heterocycles. The smallest absolute Gasteiger partial charge is 0.191 e. The van der Waals surface area contributed by atoms with Crippen molar-refractivity contribution in [1.82, 2.24) is 30.1 Å². The molecule has 0 amide bonds. The molecule has 1 aliphatic rings. The van der Waals surface area contributed by atoms with Crippen LogP contribution in [0.2, 0.25) is 0 Å². The summed E-state index contributed by atoms with van der Waals surface area (Å²) in [4.78, 5) is 7.31. The largest absolute Gasteiger partial charge is 0.385 e. The van der Waals surface area contributed by atoms with E-state index >= 15 is 0 Å². The van der Waals surface area contributed by atoms with Gasteiger partial charge in [-0.2, -0.15) is 0 Å². The van der Waals surface area contributed by atoms with E-state index in [2.05, 4.69) is 32.7 Å². The van der Waals surface area contributed by atoms with E-state index < -0.39 is 0 Å². The van der Waals surface area contributed by atoms with Gasteiger partial charge in [0.05, 0.1) is 0 Å². The third kappa shape index (κ3) is 7.66. The number of hydrogen-bond acceptors (Lipinski definition) is 5. The average Bonchev–Trinajstić information content (AvgIpc) is 3.16. The third-order valence-electron chi connectivity index (χ3n) is 5.31. The van der Waals surface area contributed by atoms with E-state index in [1.54, 1.807) is 7.11 Å². The predicted octanol–water partition coefficient (Wildman–Crippen LogP) is 2.34. The summed E-state index contributed by atoms with van der Waals surface area (Å²) < 4.78 is 7.20. The van der Waals surface area contributed by atoms with Crippen LogP contribution in [0.25, 0.3) is 5.65 Å². The molecule has 0 unspecified atom stereocenters. The molecule has 168 valence electrons. The number of guanidine groups is 1. The second-order valence-electron chi connectivity index (χ2n) is 7.52. The minimum atomic E-state index is 0. The molecule has 2 N–H and O–H groups in total. The average molecular weight is 529 g/mol. The number of aromatic nitrogens is 3. The van der Waals surface area contributed by atoms with Crippen LogP contribution in [0.15, 0.2) is 29.4 Å². The van der Waals surface area contributed by atoms with Gasteiger partial charge in [-0.1, -0.05) is 6.07 Å². The summed E-state index contributed by atoms with van der Waals surface area (Å²) in [6.45, 7) is 8.01. The van der Waals surface area contributed by atoms with Crippen LogP contribution in [0, 0.1) is 0 Å². The van der Waals surface area contributed by atoms with Crippen molar-refractivity contribution in [3.63, 3.8) is 0 Å². The van der Waals surface area contributed by atoms with Gasteiger partial charge < -0.3 is 20.3 Å². The SMILES string of the molecule is CCNC(=NCCCc1nnc2ccccn12)NC1CCN(CCCOC)CC1.I. The Morgan fingerprint density at radius 3 is 2.83 bits per heavy atom. The zero-order chi connectivity index (χ0) is 20.3. The van der Waals surface area contributed by atoms with Crippen molar-refractivity contribution in [2.24, 2.45) is 4.99 Å². The second kappa shape index (κ2) is 13.8. The normalized spacial score (nSPS) is 15.9. The maximum Gasteiger partial charge on any atom is 0.191 e. The molecule has 0 atom stereocenters. The Hall–Kier alpha value is -1.46. The molecule has 8 nitrogen and oxygen atoms in total. The first-order valence-electron chi connectivity index (χ1n) is 10.8. The number of aryl methyl sites for hydroxylation is 1. The lowest BCUT2D eigenvalue weighted by atomic mass is 10.1. The Morgan fingerprint density at radius 1 is 1.23 bits per heavy atom. The molecule has 3 rings (SSSR count). The fourth-order valence-electron chi connectivity index (χ4n) is 3.74. The summed E-state index contributed by atoms with van der Waals surface area (Å²) in [6.07, 6.45) is 7.26. The molecule has 2 aromatic heterocycles. The van der Waals surface area contributed by atoms with E-state index in [1.807, 2.05) is 28.8 Å². The molecule has 0 saturated carbocycles. The number of fused-ring (bicyclic) bond motifs is 1. The Labute approximate surface area is 196 Å². The maximum absolute atomic E-state index is 5.15. The van der Waals surface area contributed by atoms with Crippen LogP contribution in [0.3, 0.4) is 0 Å². The van der Waals surface area contributed by atoms with Gasteiger partial charge in [0.15, 0.2) is 11.6 Å². The fraction of sp³-hybridized carbons (Fsp3) is 0.667. The Morgan fingerprint density at radius 2 is 2.07 bits per heavy atom. The highest BCUT2D eigenvalue weighted by atomic mass is 127. The van der Waals surface area contributed by atoms with Crippen LogP contribution < -0.4 is 10.6 Å². The zero-order valence-corrected chi connectivity index (χ0v) is 20.5. The highest BCUT2D eigenvalue weighted by Crippen LogP contribution is 2.11. The number of methoxy groups -OCH3 is 1. The third-order valence-corrected chi connectivity index (χ3v) is 5.31. The number of aliphatic imine (C=N–C) groups is 1. The number of pyridine rings is 1. The number of hydrogen-bond donors (Lipinski definition) is 2. The standard InChI is InChI=1S/C21H35N7O.HI/c1-3-22-21(24-18-10-15-27(16-11-18)13-7-17-29-2)23-12-6-9-20-26-25-19-8-4-5-14-28(19)20;/h4-5,8,14,18H,3,6-7,9-13,15-17H2,1-2H3,(H2,22,23,24);1H. The van der Waals surface area contributed by atoms with E-state index in [0.717, 1.165) is 88.9 Å². The van der Waals surface area contributed by atoms with Gasteiger partial charge in [-0.25, -0.2) is 0 Å². The van der Waals surface area contributed by atoms with E-state index in [4.69, 9.17) is 9.73 Å². The van der Waals surface area contributed by atoms with Gasteiger partial charge in [-0.3, -0.25) is 9.39 Å². The first-order valence-corrected chi connectivity index (χ1v) is 10.8. The van der Waals surface area contributed by atoms with Crippen molar-refractivity contribution in [3.05, 3.63) is 30.2 Å². The van der Waals surface area contributed by atoms with Crippen LogP contribution in [0.1, 0.15) is 38.4 Å². The summed E-state index contributed by atoms with van der Waals surface area (Å²) in [7, 11) is 1.77. The molecular weight excluding hydrogens is 493 g/mol. The van der Waals surface area contributed by atoms with Gasteiger partial charge in [-0.15, -0.1) is 34.2 Å². The molecule has 3 heterocycles. The van der Waals surface area contributed by atoms with Gasteiger partial charge in [0.1, 0.15) is 5.82 Å². The highest BCUT2D eigenvalue weighted by molar-refractivity contribution is 14.0. The molecule has 1 fully saturated rings. The molecule has 2 aromatic rings. The highest BCUT2D eigenvalue weighted by Gasteiger charge is 2.19. The van der Waals surface area contributed by atoms with Crippen molar-refractivity contribution in [2.75, 3.05) is 46.4 Å². The molecule has 0 spiro atoms. The van der Waals surface area contributed by atoms with Gasteiger partial charge in [-0.05, 0) is 44.7 Å². The molecule has 30 heavy (non-hydrogen) atoms. The lowest BCUT2D eigenvalue weighted by molar-refractivity contribution is 0.155. The molecule has 1 saturated heterocycles. The van der Waals surface area contributed by atoms with Crippen LogP contribution >= 0.6 is 24.0 Å². The summed E-state index contributed by atoms with van der Waals surface area (Å²) in [5.41, 5.74) is 0.898. The first-order chi connectivity index (χ1) is 14.3. The number of nitrogens with zero attached hydrogens (tertiary/aromatic N) is 5. The molecular formula is C21H36IN7O. The number of nitrogens with one attached hydrogen (secondary N) is 2. The van der Waals surface area contributed by atoms with Gasteiger partial charge in [0, 0.05) is 65.1 Å². The lowest BCUT2D eigenvalue weighted by Gasteiger charge is -2.33. The topological polar surface area (TPSA) is 79.1 Å². The van der Waals surface area contributed by atoms with E-state index in [9.17, 15) is 0 Å². The van der Waals surface area contributed by atoms with Crippen LogP contribution in [0.4, 0.5) is 0 Å². The number of ether oxygens (including phenoxy) is 1. The quantitative estimate of drug-likeness (QED) is 0.213. The molecule has 9 heteroatoms. The van der Waals surface area contributed by atoms with E-state index in [1.165, 1.54) is 0 Å². The van der Waals surface area contributed by atoms with Crippen LogP contribution in [-0.2, 0) is 11.2 Å². The monoisotopic (exact) mass is 529 g/mol. The summed E-state index contributed by atoms with van der Waals surface area (Å²) in [5, 5.41) is 15.5. The minimum absolute atomic E-state index is 0. The Kier molecular flexibility index (Phi) is 11.4. The summed E-state index contributed by atoms with van der Waals surface area (Å²) in [6, 6.07) is 6.46. The van der Waals surface area contributed by atoms with Crippen molar-refractivity contribution in [2.45, 2.75) is 45.1 Å². The molecule has 0 aromatic carbocycles. The van der Waals surface area contributed by atoms with Gasteiger partial charge in [0.25, 0.3) is 0 Å². The maximum atomic E-state index is 5.15. The van der Waals surface area contributed by atoms with Gasteiger partial charge >= 0.3 is 0 Å². The van der Waals surface area contributed by atoms with Gasteiger partial charge in [0.2, 0.25) is 0 Å². The molecule has 0 aliphatic carbocycles. The Balaban J connectivity index is 0.00000320. The lowest BCUT2D eigenvalue weighted by Crippen LogP contribution is -2.48. The van der Waals surface area contributed by atoms with Crippen molar-refractivity contribution in [3.8, 4) is 0 Å². The number of rotatable bonds is 10. The summed E-state index contributed by atoms with van der Waals surface area (Å²) in [5.74, 6) is 1.92. The number of piperidine rings is 1.